The molecule has 1 unspecified atom stereocenters. The highest BCUT2D eigenvalue weighted by atomic mass is 16.2. The predicted molar refractivity (Wildman–Crippen MR) is 115 cm³/mol. The summed E-state index contributed by atoms with van der Waals surface area (Å²) in [4.78, 5) is 24.0. The Morgan fingerprint density at radius 2 is 1.82 bits per heavy atom. The minimum atomic E-state index is 0.181. The van der Waals surface area contributed by atoms with Crippen molar-refractivity contribution >= 4 is 11.7 Å². The first kappa shape index (κ1) is 21.1. The highest BCUT2D eigenvalue weighted by molar-refractivity contribution is 5.76. The minimum Gasteiger partial charge on any atom is -0.354 e. The quantitative estimate of drug-likeness (QED) is 0.779. The van der Waals surface area contributed by atoms with Crippen molar-refractivity contribution in [1.29, 1.82) is 0 Å². The zero-order chi connectivity index (χ0) is 19.8. The number of carbonyl (C=O) groups excluding carboxylic acids is 1. The highest BCUT2D eigenvalue weighted by Gasteiger charge is 2.19. The molecule has 1 amide bonds. The summed E-state index contributed by atoms with van der Waals surface area (Å²) in [5.74, 6) is 1.37. The molecule has 1 N–H and O–H groups in total. The van der Waals surface area contributed by atoms with Gasteiger partial charge >= 0.3 is 0 Å². The fraction of sp³-hybridized carbons (Fsp3) is 0.727. The van der Waals surface area contributed by atoms with Crippen LogP contribution >= 0.6 is 0 Å². The molecule has 2 fully saturated rings. The van der Waals surface area contributed by atoms with E-state index in [2.05, 4.69) is 51.0 Å². The van der Waals surface area contributed by atoms with Crippen molar-refractivity contribution in [1.82, 2.24) is 20.1 Å². The van der Waals surface area contributed by atoms with Gasteiger partial charge in [0.1, 0.15) is 5.82 Å². The van der Waals surface area contributed by atoms with Crippen LogP contribution in [0.3, 0.4) is 0 Å². The average molecular weight is 388 g/mol. The fourth-order valence-corrected chi connectivity index (χ4v) is 4.11. The fourth-order valence-electron chi connectivity index (χ4n) is 4.11. The van der Waals surface area contributed by atoms with Crippen LogP contribution in [0.25, 0.3) is 0 Å². The number of nitrogens with zero attached hydrogens (tertiary/aromatic N) is 4. The topological polar surface area (TPSA) is 51.7 Å². The Hall–Kier alpha value is -1.66. The van der Waals surface area contributed by atoms with E-state index in [-0.39, 0.29) is 6.04 Å². The summed E-state index contributed by atoms with van der Waals surface area (Å²) < 4.78 is 0. The maximum atomic E-state index is 12.5. The van der Waals surface area contributed by atoms with E-state index in [0.717, 1.165) is 71.0 Å². The number of carbonyl (C=O) groups is 1. The SMILES string of the molecule is CCN1CCN(c2cc(CNC(C)CC(=O)N3CCCCCC3)ccn2)CC1. The van der Waals surface area contributed by atoms with Crippen LogP contribution in [0.4, 0.5) is 5.82 Å². The molecule has 6 nitrogen and oxygen atoms in total. The molecule has 1 aromatic heterocycles. The molecule has 0 bridgehead atoms. The summed E-state index contributed by atoms with van der Waals surface area (Å²) in [6.07, 6.45) is 7.31. The number of nitrogens with one attached hydrogen (secondary N) is 1. The molecule has 0 radical (unpaired) electrons. The summed E-state index contributed by atoms with van der Waals surface area (Å²) in [6.45, 7) is 12.4. The summed E-state index contributed by atoms with van der Waals surface area (Å²) in [7, 11) is 0. The number of aromatic nitrogens is 1. The molecule has 0 aliphatic carbocycles. The van der Waals surface area contributed by atoms with E-state index in [1.54, 1.807) is 0 Å². The van der Waals surface area contributed by atoms with Gasteiger partial charge in [-0.05, 0) is 44.0 Å². The van der Waals surface area contributed by atoms with Crippen molar-refractivity contribution in [3.63, 3.8) is 0 Å². The van der Waals surface area contributed by atoms with Gasteiger partial charge in [0.05, 0.1) is 0 Å². The van der Waals surface area contributed by atoms with Gasteiger partial charge in [-0.25, -0.2) is 4.98 Å². The zero-order valence-electron chi connectivity index (χ0n) is 17.7. The maximum absolute atomic E-state index is 12.5. The number of likely N-dealkylation sites (N-methyl/N-ethyl adjacent to an activating group) is 1. The third-order valence-corrected chi connectivity index (χ3v) is 6.05. The maximum Gasteiger partial charge on any atom is 0.224 e. The van der Waals surface area contributed by atoms with E-state index >= 15 is 0 Å². The van der Waals surface area contributed by atoms with E-state index < -0.39 is 0 Å². The molecular weight excluding hydrogens is 350 g/mol. The number of hydrogen-bond donors (Lipinski definition) is 1. The van der Waals surface area contributed by atoms with Crippen LogP contribution in [0.2, 0.25) is 0 Å². The third-order valence-electron chi connectivity index (χ3n) is 6.05. The number of pyridine rings is 1. The molecule has 2 aliphatic rings. The molecule has 28 heavy (non-hydrogen) atoms. The molecule has 3 heterocycles. The van der Waals surface area contributed by atoms with Crippen molar-refractivity contribution in [3.8, 4) is 0 Å². The van der Waals surface area contributed by atoms with Crippen molar-refractivity contribution < 1.29 is 4.79 Å². The Balaban J connectivity index is 1.45. The van der Waals surface area contributed by atoms with Crippen LogP contribution in [0.15, 0.2) is 18.3 Å². The Bertz CT molecular complexity index is 607. The molecule has 1 aromatic rings. The van der Waals surface area contributed by atoms with Gasteiger partial charge in [0.2, 0.25) is 5.91 Å². The van der Waals surface area contributed by atoms with Crippen LogP contribution in [0, 0.1) is 0 Å². The van der Waals surface area contributed by atoms with E-state index in [9.17, 15) is 4.79 Å². The lowest BCUT2D eigenvalue weighted by Crippen LogP contribution is -2.46. The summed E-state index contributed by atoms with van der Waals surface area (Å²) in [5, 5.41) is 3.53. The number of anilines is 1. The average Bonchev–Trinajstić information content (AvgIpc) is 3.02. The Labute approximate surface area is 170 Å². The Morgan fingerprint density at radius 1 is 1.11 bits per heavy atom. The molecule has 2 saturated heterocycles. The Kier molecular flexibility index (Phi) is 8.10. The Morgan fingerprint density at radius 3 is 2.50 bits per heavy atom. The summed E-state index contributed by atoms with van der Waals surface area (Å²) >= 11 is 0. The van der Waals surface area contributed by atoms with Crippen LogP contribution in [-0.4, -0.2) is 72.5 Å². The molecule has 3 rings (SSSR count). The number of hydrogen-bond acceptors (Lipinski definition) is 5. The summed E-state index contributed by atoms with van der Waals surface area (Å²) in [5.41, 5.74) is 1.23. The minimum absolute atomic E-state index is 0.181. The van der Waals surface area contributed by atoms with Gasteiger partial charge in [0.25, 0.3) is 0 Å². The smallest absolute Gasteiger partial charge is 0.224 e. The van der Waals surface area contributed by atoms with E-state index in [0.29, 0.717) is 12.3 Å². The van der Waals surface area contributed by atoms with Crippen molar-refractivity contribution in [2.75, 3.05) is 50.7 Å². The number of amides is 1. The third kappa shape index (κ3) is 6.17. The number of piperazine rings is 1. The van der Waals surface area contributed by atoms with Crippen LogP contribution < -0.4 is 10.2 Å². The zero-order valence-corrected chi connectivity index (χ0v) is 17.7. The lowest BCUT2D eigenvalue weighted by Gasteiger charge is -2.34. The second-order valence-corrected chi connectivity index (χ2v) is 8.22. The first-order valence-corrected chi connectivity index (χ1v) is 11.1. The second-order valence-electron chi connectivity index (χ2n) is 8.22. The van der Waals surface area contributed by atoms with Crippen molar-refractivity contribution in [3.05, 3.63) is 23.9 Å². The van der Waals surface area contributed by atoms with Crippen LogP contribution in [0.1, 0.15) is 51.5 Å². The van der Waals surface area contributed by atoms with Gasteiger partial charge in [-0.15, -0.1) is 0 Å². The van der Waals surface area contributed by atoms with Crippen molar-refractivity contribution in [2.45, 2.75) is 58.5 Å². The molecule has 2 aliphatic heterocycles. The summed E-state index contributed by atoms with van der Waals surface area (Å²) in [6, 6.07) is 4.44. The van der Waals surface area contributed by atoms with Crippen molar-refractivity contribution in [2.24, 2.45) is 0 Å². The first-order chi connectivity index (χ1) is 13.7. The lowest BCUT2D eigenvalue weighted by atomic mass is 10.1. The molecule has 0 spiro atoms. The molecule has 0 aromatic carbocycles. The van der Waals surface area contributed by atoms with Gasteiger partial charge in [0.15, 0.2) is 0 Å². The predicted octanol–water partition coefficient (Wildman–Crippen LogP) is 2.49. The van der Waals surface area contributed by atoms with E-state index in [1.807, 2.05) is 6.20 Å². The monoisotopic (exact) mass is 387 g/mol. The van der Waals surface area contributed by atoms with E-state index in [4.69, 9.17) is 0 Å². The standard InChI is InChI=1S/C22H37N5O/c1-3-25-12-14-26(15-13-25)21-17-20(8-9-23-21)18-24-19(2)16-22(28)27-10-6-4-5-7-11-27/h8-9,17,19,24H,3-7,10-16,18H2,1-2H3. The lowest BCUT2D eigenvalue weighted by molar-refractivity contribution is -0.131. The molecular formula is C22H37N5O. The molecule has 6 heteroatoms. The van der Waals surface area contributed by atoms with Gasteiger partial charge < -0.3 is 20.0 Å². The molecule has 156 valence electrons. The van der Waals surface area contributed by atoms with Gasteiger partial charge in [-0.1, -0.05) is 19.8 Å². The first-order valence-electron chi connectivity index (χ1n) is 11.1. The normalized spacial score (nSPS) is 20.1. The number of likely N-dealkylation sites (tertiary alicyclic amines) is 1. The molecule has 1 atom stereocenters. The molecule has 0 saturated carbocycles. The van der Waals surface area contributed by atoms with Crippen LogP contribution in [-0.2, 0) is 11.3 Å². The number of rotatable bonds is 7. The van der Waals surface area contributed by atoms with E-state index in [1.165, 1.54) is 18.4 Å². The van der Waals surface area contributed by atoms with Gasteiger partial charge in [-0.2, -0.15) is 0 Å². The van der Waals surface area contributed by atoms with Crippen LogP contribution in [0.5, 0.6) is 0 Å². The van der Waals surface area contributed by atoms with Gasteiger partial charge in [-0.3, -0.25) is 4.79 Å². The largest absolute Gasteiger partial charge is 0.354 e. The highest BCUT2D eigenvalue weighted by Crippen LogP contribution is 2.16. The second kappa shape index (κ2) is 10.8. The van der Waals surface area contributed by atoms with Gasteiger partial charge in [0, 0.05) is 64.5 Å².